The topological polar surface area (TPSA) is 88.8 Å². The molecule has 0 saturated heterocycles. The van der Waals surface area contributed by atoms with Crippen LogP contribution in [0.25, 0.3) is 0 Å². The van der Waals surface area contributed by atoms with Gasteiger partial charge in [-0.3, -0.25) is 4.98 Å². The molecule has 0 aromatic carbocycles. The van der Waals surface area contributed by atoms with Gasteiger partial charge in [0.05, 0.1) is 7.11 Å². The second kappa shape index (κ2) is 11.5. The molecule has 7 nitrogen and oxygen atoms in total. The number of methoxy groups -OCH3 is 1. The summed E-state index contributed by atoms with van der Waals surface area (Å²) in [6, 6.07) is 7.53. The van der Waals surface area contributed by atoms with E-state index in [9.17, 15) is 4.79 Å². The van der Waals surface area contributed by atoms with E-state index >= 15 is 0 Å². The van der Waals surface area contributed by atoms with Crippen molar-refractivity contribution in [1.82, 2.24) is 15.6 Å². The number of aromatic nitrogens is 1. The molecule has 0 fully saturated rings. The van der Waals surface area contributed by atoms with Crippen molar-refractivity contribution in [3.05, 3.63) is 53.2 Å². The third-order valence-electron chi connectivity index (χ3n) is 3.51. The van der Waals surface area contributed by atoms with Crippen LogP contribution in [0.5, 0.6) is 0 Å². The summed E-state index contributed by atoms with van der Waals surface area (Å²) in [6.45, 7) is 5.53. The third-order valence-corrected chi connectivity index (χ3v) is 3.51. The number of rotatable bonds is 7. The molecule has 0 unspecified atom stereocenters. The molecule has 0 spiro atoms. The molecule has 2 aromatic heterocycles. The van der Waals surface area contributed by atoms with E-state index in [1.807, 2.05) is 25.1 Å². The zero-order valence-electron chi connectivity index (χ0n) is 15.2. The first-order valence-electron chi connectivity index (χ1n) is 8.23. The average molecular weight is 472 g/mol. The van der Waals surface area contributed by atoms with Crippen LogP contribution in [0.15, 0.2) is 39.9 Å². The molecule has 0 amide bonds. The number of halogens is 1. The minimum Gasteiger partial charge on any atom is -0.465 e. The Morgan fingerprint density at radius 1 is 1.35 bits per heavy atom. The predicted octanol–water partition coefficient (Wildman–Crippen LogP) is 2.69. The fourth-order valence-electron chi connectivity index (χ4n) is 2.29. The molecule has 0 aliphatic carbocycles. The standard InChI is InChI=1S/C18H24N4O3.HI/c1-4-19-18(21-10-8-14-7-5-6-9-20-14)22-12-15-11-16(13(2)25-15)17(23)24-3;/h5-7,9,11H,4,8,10,12H2,1-3H3,(H2,19,21,22);1H. The highest BCUT2D eigenvalue weighted by atomic mass is 127. The fourth-order valence-corrected chi connectivity index (χ4v) is 2.29. The Balaban J connectivity index is 0.00000338. The van der Waals surface area contributed by atoms with Crippen LogP contribution in [-0.2, 0) is 17.7 Å². The number of guanidine groups is 1. The Hall–Kier alpha value is -2.10. The number of hydrogen-bond acceptors (Lipinski definition) is 5. The maximum Gasteiger partial charge on any atom is 0.341 e. The molecule has 8 heteroatoms. The first kappa shape index (κ1) is 21.9. The van der Waals surface area contributed by atoms with Crippen molar-refractivity contribution in [2.75, 3.05) is 20.2 Å². The van der Waals surface area contributed by atoms with Crippen LogP contribution in [0.3, 0.4) is 0 Å². The summed E-state index contributed by atoms with van der Waals surface area (Å²) in [4.78, 5) is 20.4. The SMILES string of the molecule is CCNC(=NCc1cc(C(=O)OC)c(C)o1)NCCc1ccccn1.I. The first-order valence-corrected chi connectivity index (χ1v) is 8.23. The molecule has 2 N–H and O–H groups in total. The van der Waals surface area contributed by atoms with Crippen LogP contribution in [-0.4, -0.2) is 37.1 Å². The van der Waals surface area contributed by atoms with E-state index in [0.717, 1.165) is 18.7 Å². The number of aryl methyl sites for hydroxylation is 1. The molecule has 2 aromatic rings. The van der Waals surface area contributed by atoms with Crippen molar-refractivity contribution in [1.29, 1.82) is 0 Å². The third kappa shape index (κ3) is 6.66. The largest absolute Gasteiger partial charge is 0.465 e. The summed E-state index contributed by atoms with van der Waals surface area (Å²) in [5, 5.41) is 6.44. The molecule has 2 rings (SSSR count). The van der Waals surface area contributed by atoms with Gasteiger partial charge in [-0.15, -0.1) is 24.0 Å². The van der Waals surface area contributed by atoms with Gasteiger partial charge < -0.3 is 19.8 Å². The number of nitrogens with one attached hydrogen (secondary N) is 2. The van der Waals surface area contributed by atoms with Gasteiger partial charge in [-0.2, -0.15) is 0 Å². The number of ether oxygens (including phenoxy) is 1. The van der Waals surface area contributed by atoms with Crippen LogP contribution in [0.2, 0.25) is 0 Å². The van der Waals surface area contributed by atoms with Crippen LogP contribution in [0, 0.1) is 6.92 Å². The molecular weight excluding hydrogens is 447 g/mol. The van der Waals surface area contributed by atoms with Crippen LogP contribution in [0.1, 0.15) is 34.5 Å². The Labute approximate surface area is 170 Å². The van der Waals surface area contributed by atoms with Gasteiger partial charge in [0.25, 0.3) is 0 Å². The maximum atomic E-state index is 11.6. The van der Waals surface area contributed by atoms with Crippen molar-refractivity contribution in [3.8, 4) is 0 Å². The lowest BCUT2D eigenvalue weighted by molar-refractivity contribution is 0.0599. The molecule has 2 heterocycles. The van der Waals surface area contributed by atoms with Crippen LogP contribution >= 0.6 is 24.0 Å². The smallest absolute Gasteiger partial charge is 0.341 e. The number of furan rings is 1. The number of esters is 1. The zero-order chi connectivity index (χ0) is 18.1. The Kier molecular flexibility index (Phi) is 9.71. The van der Waals surface area contributed by atoms with E-state index in [2.05, 4.69) is 20.6 Å². The normalized spacial score (nSPS) is 10.8. The summed E-state index contributed by atoms with van der Waals surface area (Å²) in [7, 11) is 1.35. The van der Waals surface area contributed by atoms with E-state index in [-0.39, 0.29) is 24.0 Å². The van der Waals surface area contributed by atoms with Gasteiger partial charge in [0.1, 0.15) is 23.6 Å². The Morgan fingerprint density at radius 3 is 2.81 bits per heavy atom. The van der Waals surface area contributed by atoms with Crippen molar-refractivity contribution in [2.45, 2.75) is 26.8 Å². The molecule has 0 saturated carbocycles. The van der Waals surface area contributed by atoms with Crippen molar-refractivity contribution >= 4 is 35.9 Å². The molecule has 0 radical (unpaired) electrons. The van der Waals surface area contributed by atoms with Crippen LogP contribution < -0.4 is 10.6 Å². The number of carbonyl (C=O) groups is 1. The summed E-state index contributed by atoms with van der Waals surface area (Å²) >= 11 is 0. The minimum atomic E-state index is -0.406. The number of aliphatic imine (C=N–C) groups is 1. The minimum absolute atomic E-state index is 0. The van der Waals surface area contributed by atoms with Gasteiger partial charge in [0.15, 0.2) is 5.96 Å². The number of carbonyl (C=O) groups excluding carboxylic acids is 1. The lowest BCUT2D eigenvalue weighted by atomic mass is 10.2. The van der Waals surface area contributed by atoms with Crippen LogP contribution in [0.4, 0.5) is 0 Å². The summed E-state index contributed by atoms with van der Waals surface area (Å²) in [5.41, 5.74) is 1.45. The highest BCUT2D eigenvalue weighted by molar-refractivity contribution is 14.0. The summed E-state index contributed by atoms with van der Waals surface area (Å²) in [6.07, 6.45) is 2.59. The fraction of sp³-hybridized carbons (Fsp3) is 0.389. The quantitative estimate of drug-likeness (QED) is 0.279. The van der Waals surface area contributed by atoms with E-state index in [0.29, 0.717) is 36.1 Å². The predicted molar refractivity (Wildman–Crippen MR) is 111 cm³/mol. The number of hydrogen-bond donors (Lipinski definition) is 2. The molecular formula is C18H25IN4O3. The van der Waals surface area contributed by atoms with Crippen molar-refractivity contribution < 1.29 is 13.9 Å². The van der Waals surface area contributed by atoms with E-state index in [1.54, 1.807) is 19.2 Å². The van der Waals surface area contributed by atoms with Gasteiger partial charge in [-0.05, 0) is 32.0 Å². The Morgan fingerprint density at radius 2 is 2.15 bits per heavy atom. The molecule has 26 heavy (non-hydrogen) atoms. The Bertz CT molecular complexity index is 716. The maximum absolute atomic E-state index is 11.6. The van der Waals surface area contributed by atoms with Gasteiger partial charge >= 0.3 is 5.97 Å². The summed E-state index contributed by atoms with van der Waals surface area (Å²) < 4.78 is 10.3. The van der Waals surface area contributed by atoms with Crippen molar-refractivity contribution in [3.63, 3.8) is 0 Å². The molecule has 0 aliphatic heterocycles. The van der Waals surface area contributed by atoms with Gasteiger partial charge in [0, 0.05) is 31.4 Å². The van der Waals surface area contributed by atoms with E-state index in [1.165, 1.54) is 7.11 Å². The summed E-state index contributed by atoms with van der Waals surface area (Å²) in [5.74, 6) is 1.42. The van der Waals surface area contributed by atoms with Gasteiger partial charge in [0.2, 0.25) is 0 Å². The highest BCUT2D eigenvalue weighted by Crippen LogP contribution is 2.16. The molecule has 142 valence electrons. The van der Waals surface area contributed by atoms with Crippen molar-refractivity contribution in [2.24, 2.45) is 4.99 Å². The molecule has 0 atom stereocenters. The molecule has 0 bridgehead atoms. The van der Waals surface area contributed by atoms with E-state index in [4.69, 9.17) is 9.15 Å². The second-order valence-electron chi connectivity index (χ2n) is 5.37. The lowest BCUT2D eigenvalue weighted by Gasteiger charge is -2.10. The zero-order valence-corrected chi connectivity index (χ0v) is 17.6. The number of nitrogens with zero attached hydrogens (tertiary/aromatic N) is 2. The van der Waals surface area contributed by atoms with Gasteiger partial charge in [-0.1, -0.05) is 6.07 Å². The highest BCUT2D eigenvalue weighted by Gasteiger charge is 2.15. The monoisotopic (exact) mass is 472 g/mol. The van der Waals surface area contributed by atoms with E-state index < -0.39 is 5.97 Å². The second-order valence-corrected chi connectivity index (χ2v) is 5.37. The first-order chi connectivity index (χ1) is 12.1. The lowest BCUT2D eigenvalue weighted by Crippen LogP contribution is -2.38. The average Bonchev–Trinajstić information content (AvgIpc) is 3.00. The number of pyridine rings is 1. The molecule has 0 aliphatic rings. The van der Waals surface area contributed by atoms with Gasteiger partial charge in [-0.25, -0.2) is 9.79 Å².